The first-order valence-electron chi connectivity index (χ1n) is 17.4. The third-order valence-electron chi connectivity index (χ3n) is 8.45. The van der Waals surface area contributed by atoms with Crippen molar-refractivity contribution in [2.75, 3.05) is 13.2 Å². The van der Waals surface area contributed by atoms with Crippen LogP contribution in [0.1, 0.15) is 90.9 Å². The van der Waals surface area contributed by atoms with Gasteiger partial charge in [-0.3, -0.25) is 0 Å². The second-order valence-corrected chi connectivity index (χ2v) is 19.2. The monoisotopic (exact) mass is 860 g/mol. The molecular formula is C38H42Br2N2O3S4. The van der Waals surface area contributed by atoms with E-state index in [-0.39, 0.29) is 0 Å². The Kier molecular flexibility index (Phi) is 13.9. The standard InChI is InChI=1S/C38H42Br2N2O3S4/c1-3-5-7-9-11-13-23-43-37-33(29-17-15-25(46-29)27-19-21-31(39)48-27)35-36(42-45-41-35)34(38(37)44-24-14-12-10-8-6-4-2)30-18-16-26(47-30)28-20-22-32(40)49-28/h15-22H,3-14,23-24H2,1-2H3. The number of halogens is 2. The Morgan fingerprint density at radius 1 is 0.490 bits per heavy atom. The molecule has 0 N–H and O–H groups in total. The summed E-state index contributed by atoms with van der Waals surface area (Å²) in [5, 5.41) is 9.07. The molecule has 0 saturated heterocycles. The van der Waals surface area contributed by atoms with Crippen molar-refractivity contribution in [1.29, 1.82) is 0 Å². The molecular weight excluding hydrogens is 821 g/mol. The van der Waals surface area contributed by atoms with Crippen molar-refractivity contribution in [1.82, 2.24) is 10.3 Å². The highest BCUT2D eigenvalue weighted by Crippen LogP contribution is 2.54. The van der Waals surface area contributed by atoms with Gasteiger partial charge in [0.05, 0.1) is 31.9 Å². The third-order valence-corrected chi connectivity index (χ3v) is 14.3. The quantitative estimate of drug-likeness (QED) is 0.0716. The smallest absolute Gasteiger partial charge is 0.172 e. The fourth-order valence-electron chi connectivity index (χ4n) is 5.91. The molecule has 0 radical (unpaired) electrons. The summed E-state index contributed by atoms with van der Waals surface area (Å²) in [5.41, 5.74) is 3.20. The molecule has 0 spiro atoms. The van der Waals surface area contributed by atoms with Crippen LogP contribution in [0.2, 0.25) is 0 Å². The van der Waals surface area contributed by atoms with Gasteiger partial charge in [-0.15, -0.1) is 45.3 Å². The van der Waals surface area contributed by atoms with Crippen molar-refractivity contribution < 1.29 is 14.1 Å². The van der Waals surface area contributed by atoms with E-state index in [1.165, 1.54) is 70.9 Å². The number of thiophene rings is 4. The number of unbranched alkanes of at least 4 members (excludes halogenated alkanes) is 10. The van der Waals surface area contributed by atoms with E-state index in [1.54, 1.807) is 45.3 Å². The van der Waals surface area contributed by atoms with Crippen molar-refractivity contribution in [2.45, 2.75) is 90.9 Å². The van der Waals surface area contributed by atoms with Gasteiger partial charge in [0.1, 0.15) is 11.0 Å². The Morgan fingerprint density at radius 3 is 1.27 bits per heavy atom. The maximum Gasteiger partial charge on any atom is 0.172 e. The molecule has 0 saturated carbocycles. The fourth-order valence-corrected chi connectivity index (χ4v) is 11.0. The van der Waals surface area contributed by atoms with Crippen LogP contribution in [0.4, 0.5) is 0 Å². The van der Waals surface area contributed by atoms with Gasteiger partial charge in [-0.2, -0.15) is 0 Å². The minimum absolute atomic E-state index is 0.609. The van der Waals surface area contributed by atoms with Gasteiger partial charge in [-0.1, -0.05) is 78.1 Å². The predicted octanol–water partition coefficient (Wildman–Crippen LogP) is 15.1. The summed E-state index contributed by atoms with van der Waals surface area (Å²) in [5.74, 6) is 1.49. The summed E-state index contributed by atoms with van der Waals surface area (Å²) in [4.78, 5) is 6.94. The molecule has 0 bridgehead atoms. The fraction of sp³-hybridized carbons (Fsp3) is 0.421. The van der Waals surface area contributed by atoms with Gasteiger partial charge in [0.2, 0.25) is 0 Å². The van der Waals surface area contributed by atoms with E-state index in [9.17, 15) is 0 Å². The molecule has 0 amide bonds. The van der Waals surface area contributed by atoms with Crippen molar-refractivity contribution in [3.05, 3.63) is 56.1 Å². The number of hydrogen-bond acceptors (Lipinski definition) is 9. The lowest BCUT2D eigenvalue weighted by molar-refractivity contribution is 0.260. The van der Waals surface area contributed by atoms with E-state index in [2.05, 4.69) is 105 Å². The molecule has 6 aromatic rings. The molecule has 0 aliphatic carbocycles. The highest BCUT2D eigenvalue weighted by atomic mass is 79.9. The van der Waals surface area contributed by atoms with E-state index >= 15 is 0 Å². The average Bonchev–Trinajstić information content (AvgIpc) is 3.95. The highest BCUT2D eigenvalue weighted by molar-refractivity contribution is 9.11. The lowest BCUT2D eigenvalue weighted by Crippen LogP contribution is -2.06. The van der Waals surface area contributed by atoms with Crippen LogP contribution in [0, 0.1) is 0 Å². The number of hydrogen-bond donors (Lipinski definition) is 0. The molecule has 5 aromatic heterocycles. The topological polar surface area (TPSA) is 57.4 Å². The maximum atomic E-state index is 6.86. The van der Waals surface area contributed by atoms with Crippen LogP contribution in [0.3, 0.4) is 0 Å². The molecule has 5 nitrogen and oxygen atoms in total. The lowest BCUT2D eigenvalue weighted by atomic mass is 10.0. The lowest BCUT2D eigenvalue weighted by Gasteiger charge is -2.19. The Balaban J connectivity index is 1.43. The van der Waals surface area contributed by atoms with E-state index < -0.39 is 0 Å². The van der Waals surface area contributed by atoms with Crippen molar-refractivity contribution in [3.63, 3.8) is 0 Å². The summed E-state index contributed by atoms with van der Waals surface area (Å²) in [6.45, 7) is 5.73. The van der Waals surface area contributed by atoms with Crippen LogP contribution in [0.15, 0.2) is 60.7 Å². The number of nitrogens with zero attached hydrogens (tertiary/aromatic N) is 2. The van der Waals surface area contributed by atoms with Crippen LogP contribution in [0.5, 0.6) is 11.5 Å². The van der Waals surface area contributed by atoms with Crippen molar-refractivity contribution in [3.8, 4) is 51.9 Å². The summed E-state index contributed by atoms with van der Waals surface area (Å²) in [7, 11) is 0. The summed E-state index contributed by atoms with van der Waals surface area (Å²) in [6, 6.07) is 17.2. The number of aromatic nitrogens is 2. The molecule has 260 valence electrons. The first-order valence-corrected chi connectivity index (χ1v) is 22.2. The van der Waals surface area contributed by atoms with E-state index in [1.807, 2.05) is 0 Å². The minimum atomic E-state index is 0.609. The van der Waals surface area contributed by atoms with Gasteiger partial charge >= 0.3 is 0 Å². The Hall–Kier alpha value is -2.02. The summed E-state index contributed by atoms with van der Waals surface area (Å²) >= 11 is 14.2. The Morgan fingerprint density at radius 2 is 0.857 bits per heavy atom. The molecule has 11 heteroatoms. The van der Waals surface area contributed by atoms with Gasteiger partial charge in [0.15, 0.2) is 11.5 Å². The normalized spacial score (nSPS) is 11.6. The zero-order chi connectivity index (χ0) is 34.0. The van der Waals surface area contributed by atoms with E-state index in [0.29, 0.717) is 24.2 Å². The molecule has 0 fully saturated rings. The second kappa shape index (κ2) is 18.5. The first kappa shape index (κ1) is 36.8. The van der Waals surface area contributed by atoms with E-state index in [0.717, 1.165) is 65.6 Å². The zero-order valence-corrected chi connectivity index (χ0v) is 34.5. The molecule has 0 aliphatic rings. The number of ether oxygens (including phenoxy) is 2. The SMILES string of the molecule is CCCCCCCCOc1c(OCCCCCCCC)c(-c2ccc(-c3ccc(Br)s3)s2)c2nonc2c1-c1ccc(-c2ccc(Br)s2)s1. The summed E-state index contributed by atoms with van der Waals surface area (Å²) in [6.07, 6.45) is 14.3. The van der Waals surface area contributed by atoms with Crippen LogP contribution in [-0.2, 0) is 0 Å². The summed E-state index contributed by atoms with van der Waals surface area (Å²) < 4.78 is 21.5. The van der Waals surface area contributed by atoms with Gasteiger partial charge in [-0.05, 0) is 104 Å². The van der Waals surface area contributed by atoms with Gasteiger partial charge in [0, 0.05) is 29.3 Å². The minimum Gasteiger partial charge on any atom is -0.489 e. The third kappa shape index (κ3) is 9.26. The number of fused-ring (bicyclic) bond motifs is 1. The largest absolute Gasteiger partial charge is 0.489 e. The number of benzene rings is 1. The average molecular weight is 863 g/mol. The van der Waals surface area contributed by atoms with Gasteiger partial charge < -0.3 is 9.47 Å². The molecule has 49 heavy (non-hydrogen) atoms. The second-order valence-electron chi connectivity index (χ2n) is 12.1. The molecule has 1 aromatic carbocycles. The van der Waals surface area contributed by atoms with E-state index in [4.69, 9.17) is 14.1 Å². The Labute approximate surface area is 322 Å². The van der Waals surface area contributed by atoms with Crippen LogP contribution < -0.4 is 9.47 Å². The number of rotatable bonds is 20. The van der Waals surface area contributed by atoms with Crippen molar-refractivity contribution >= 4 is 88.2 Å². The van der Waals surface area contributed by atoms with Crippen molar-refractivity contribution in [2.24, 2.45) is 0 Å². The Bertz CT molecular complexity index is 1790. The predicted molar refractivity (Wildman–Crippen MR) is 218 cm³/mol. The molecule has 0 atom stereocenters. The van der Waals surface area contributed by atoms with Gasteiger partial charge in [-0.25, -0.2) is 4.63 Å². The molecule has 0 unspecified atom stereocenters. The van der Waals surface area contributed by atoms with Crippen LogP contribution in [0.25, 0.3) is 51.4 Å². The zero-order valence-electron chi connectivity index (χ0n) is 28.0. The molecule has 0 aliphatic heterocycles. The maximum absolute atomic E-state index is 6.86. The molecule has 6 rings (SSSR count). The van der Waals surface area contributed by atoms with Crippen LogP contribution in [-0.4, -0.2) is 23.5 Å². The molecule has 5 heterocycles. The van der Waals surface area contributed by atoms with Crippen LogP contribution >= 0.6 is 77.2 Å². The van der Waals surface area contributed by atoms with Gasteiger partial charge in [0.25, 0.3) is 0 Å². The first-order chi connectivity index (χ1) is 24.1. The highest BCUT2D eigenvalue weighted by Gasteiger charge is 2.30.